The fraction of sp³-hybridized carbons (Fsp3) is 0.846. The van der Waals surface area contributed by atoms with E-state index < -0.39 is 11.4 Å². The third-order valence-corrected chi connectivity index (χ3v) is 3.86. The predicted octanol–water partition coefficient (Wildman–Crippen LogP) is 1.27. The quantitative estimate of drug-likeness (QED) is 0.667. The number of nitrogens with one attached hydrogen (secondary N) is 1. The molecule has 5 nitrogen and oxygen atoms in total. The van der Waals surface area contributed by atoms with E-state index >= 15 is 0 Å². The van der Waals surface area contributed by atoms with Crippen LogP contribution in [0.15, 0.2) is 0 Å². The van der Waals surface area contributed by atoms with E-state index in [0.717, 1.165) is 25.7 Å². The molecular formula is C13H24N2O3. The minimum atomic E-state index is -0.790. The van der Waals surface area contributed by atoms with Crippen LogP contribution in [0.3, 0.4) is 0 Å². The van der Waals surface area contributed by atoms with Crippen LogP contribution in [-0.2, 0) is 9.59 Å². The van der Waals surface area contributed by atoms with Gasteiger partial charge in [-0.05, 0) is 19.3 Å². The molecule has 1 aliphatic rings. The standard InChI is InChI=1S/C13H24N2O3/c1-2-10(14)8-11(16)15-9-13(12(17)18)6-4-3-5-7-13/h10H,2-9,14H2,1H3,(H,15,16)(H,17,18). The summed E-state index contributed by atoms with van der Waals surface area (Å²) in [5.74, 6) is -0.933. The molecule has 5 heteroatoms. The van der Waals surface area contributed by atoms with Crippen molar-refractivity contribution in [2.45, 2.75) is 57.9 Å². The molecule has 0 spiro atoms. The number of amides is 1. The molecule has 1 rings (SSSR count). The van der Waals surface area contributed by atoms with E-state index in [1.54, 1.807) is 0 Å². The van der Waals surface area contributed by atoms with Crippen LogP contribution in [0.1, 0.15) is 51.9 Å². The Morgan fingerprint density at radius 1 is 1.33 bits per heavy atom. The van der Waals surface area contributed by atoms with Gasteiger partial charge in [0, 0.05) is 19.0 Å². The minimum Gasteiger partial charge on any atom is -0.481 e. The smallest absolute Gasteiger partial charge is 0.311 e. The van der Waals surface area contributed by atoms with Crippen LogP contribution >= 0.6 is 0 Å². The average molecular weight is 256 g/mol. The summed E-state index contributed by atoms with van der Waals surface area (Å²) in [4.78, 5) is 23.0. The zero-order valence-electron chi connectivity index (χ0n) is 11.1. The number of carbonyl (C=O) groups is 2. The zero-order chi connectivity index (χ0) is 13.6. The Morgan fingerprint density at radius 3 is 2.44 bits per heavy atom. The van der Waals surface area contributed by atoms with Gasteiger partial charge in [-0.3, -0.25) is 9.59 Å². The van der Waals surface area contributed by atoms with Gasteiger partial charge in [0.2, 0.25) is 5.91 Å². The van der Waals surface area contributed by atoms with Gasteiger partial charge in [0.1, 0.15) is 0 Å². The number of carboxylic acids is 1. The van der Waals surface area contributed by atoms with E-state index in [-0.39, 0.29) is 24.9 Å². The number of carboxylic acid groups (broad SMARTS) is 1. The van der Waals surface area contributed by atoms with Crippen molar-refractivity contribution in [2.24, 2.45) is 11.1 Å². The molecule has 0 aromatic carbocycles. The Kier molecular flexibility index (Phi) is 5.59. The van der Waals surface area contributed by atoms with Crippen molar-refractivity contribution in [1.82, 2.24) is 5.32 Å². The largest absolute Gasteiger partial charge is 0.481 e. The maximum atomic E-state index is 11.6. The lowest BCUT2D eigenvalue weighted by Crippen LogP contribution is -2.45. The molecule has 1 aliphatic carbocycles. The van der Waals surface area contributed by atoms with Crippen LogP contribution < -0.4 is 11.1 Å². The molecule has 1 fully saturated rings. The molecule has 1 atom stereocenters. The van der Waals surface area contributed by atoms with Gasteiger partial charge in [-0.1, -0.05) is 26.2 Å². The fourth-order valence-electron chi connectivity index (χ4n) is 2.42. The second-order valence-corrected chi connectivity index (χ2v) is 5.30. The number of hydrogen-bond donors (Lipinski definition) is 3. The van der Waals surface area contributed by atoms with Gasteiger partial charge >= 0.3 is 5.97 Å². The predicted molar refractivity (Wildman–Crippen MR) is 69.0 cm³/mol. The van der Waals surface area contributed by atoms with E-state index in [1.165, 1.54) is 0 Å². The number of nitrogens with two attached hydrogens (primary N) is 1. The Balaban J connectivity index is 2.47. The maximum Gasteiger partial charge on any atom is 0.311 e. The average Bonchev–Trinajstić information content (AvgIpc) is 2.37. The molecule has 0 aromatic rings. The summed E-state index contributed by atoms with van der Waals surface area (Å²) >= 11 is 0. The van der Waals surface area contributed by atoms with E-state index in [1.807, 2.05) is 6.92 Å². The first kappa shape index (κ1) is 15.0. The third-order valence-electron chi connectivity index (χ3n) is 3.86. The van der Waals surface area contributed by atoms with Crippen LogP contribution in [0.2, 0.25) is 0 Å². The summed E-state index contributed by atoms with van der Waals surface area (Å²) < 4.78 is 0. The SMILES string of the molecule is CCC(N)CC(=O)NCC1(C(=O)O)CCCCC1. The Morgan fingerprint density at radius 2 is 1.94 bits per heavy atom. The molecule has 0 radical (unpaired) electrons. The van der Waals surface area contributed by atoms with E-state index in [9.17, 15) is 14.7 Å². The monoisotopic (exact) mass is 256 g/mol. The highest BCUT2D eigenvalue weighted by molar-refractivity contribution is 5.79. The van der Waals surface area contributed by atoms with E-state index in [4.69, 9.17) is 5.73 Å². The molecule has 1 unspecified atom stereocenters. The molecule has 0 saturated heterocycles. The number of hydrogen-bond acceptors (Lipinski definition) is 3. The Hall–Kier alpha value is -1.10. The number of carbonyl (C=O) groups excluding carboxylic acids is 1. The molecule has 104 valence electrons. The molecule has 0 aromatic heterocycles. The summed E-state index contributed by atoms with van der Waals surface area (Å²) in [5, 5.41) is 12.1. The Labute approximate surface area is 108 Å². The van der Waals surface area contributed by atoms with Crippen LogP contribution in [0.4, 0.5) is 0 Å². The lowest BCUT2D eigenvalue weighted by Gasteiger charge is -2.33. The summed E-state index contributed by atoms with van der Waals surface area (Å²) in [5.41, 5.74) is 4.94. The second-order valence-electron chi connectivity index (χ2n) is 5.30. The van der Waals surface area contributed by atoms with Gasteiger partial charge in [0.25, 0.3) is 0 Å². The summed E-state index contributed by atoms with van der Waals surface area (Å²) in [6.45, 7) is 2.16. The van der Waals surface area contributed by atoms with Crippen molar-refractivity contribution in [1.29, 1.82) is 0 Å². The summed E-state index contributed by atoms with van der Waals surface area (Å²) in [7, 11) is 0. The molecule has 18 heavy (non-hydrogen) atoms. The van der Waals surface area contributed by atoms with Crippen molar-refractivity contribution in [3.63, 3.8) is 0 Å². The van der Waals surface area contributed by atoms with Gasteiger partial charge in [0.15, 0.2) is 0 Å². The first-order chi connectivity index (χ1) is 8.50. The molecule has 0 aliphatic heterocycles. The zero-order valence-corrected chi connectivity index (χ0v) is 11.1. The van der Waals surface area contributed by atoms with Gasteiger partial charge in [-0.2, -0.15) is 0 Å². The van der Waals surface area contributed by atoms with Gasteiger partial charge in [0.05, 0.1) is 5.41 Å². The number of aliphatic carboxylic acids is 1. The van der Waals surface area contributed by atoms with Gasteiger partial charge < -0.3 is 16.2 Å². The van der Waals surface area contributed by atoms with Crippen molar-refractivity contribution in [2.75, 3.05) is 6.54 Å². The highest BCUT2D eigenvalue weighted by atomic mass is 16.4. The topological polar surface area (TPSA) is 92.4 Å². The van der Waals surface area contributed by atoms with Crippen LogP contribution in [0, 0.1) is 5.41 Å². The van der Waals surface area contributed by atoms with Gasteiger partial charge in [-0.25, -0.2) is 0 Å². The highest BCUT2D eigenvalue weighted by Gasteiger charge is 2.39. The van der Waals surface area contributed by atoms with E-state index in [0.29, 0.717) is 12.8 Å². The van der Waals surface area contributed by atoms with Crippen LogP contribution in [0.5, 0.6) is 0 Å². The van der Waals surface area contributed by atoms with Crippen molar-refractivity contribution >= 4 is 11.9 Å². The summed E-state index contributed by atoms with van der Waals surface area (Å²) in [6.07, 6.45) is 5.27. The highest BCUT2D eigenvalue weighted by Crippen LogP contribution is 2.35. The maximum absolute atomic E-state index is 11.6. The molecule has 1 saturated carbocycles. The first-order valence-corrected chi connectivity index (χ1v) is 6.76. The molecule has 1 amide bonds. The van der Waals surface area contributed by atoms with Crippen LogP contribution in [0.25, 0.3) is 0 Å². The lowest BCUT2D eigenvalue weighted by atomic mass is 9.74. The molecule has 4 N–H and O–H groups in total. The normalized spacial score (nSPS) is 20.1. The fourth-order valence-corrected chi connectivity index (χ4v) is 2.42. The Bertz CT molecular complexity index is 299. The third kappa shape index (κ3) is 3.98. The molecule has 0 heterocycles. The van der Waals surface area contributed by atoms with Gasteiger partial charge in [-0.15, -0.1) is 0 Å². The van der Waals surface area contributed by atoms with Crippen LogP contribution in [-0.4, -0.2) is 29.6 Å². The summed E-state index contributed by atoms with van der Waals surface area (Å²) in [6, 6.07) is -0.142. The first-order valence-electron chi connectivity index (χ1n) is 6.76. The molecule has 0 bridgehead atoms. The second kappa shape index (κ2) is 6.73. The van der Waals surface area contributed by atoms with Crippen molar-refractivity contribution in [3.05, 3.63) is 0 Å². The van der Waals surface area contributed by atoms with E-state index in [2.05, 4.69) is 5.32 Å². The molecular weight excluding hydrogens is 232 g/mol. The minimum absolute atomic E-state index is 0.142. The van der Waals surface area contributed by atoms with Crippen molar-refractivity contribution < 1.29 is 14.7 Å². The van der Waals surface area contributed by atoms with Crippen molar-refractivity contribution in [3.8, 4) is 0 Å². The lowest BCUT2D eigenvalue weighted by molar-refractivity contribution is -0.151. The number of rotatable bonds is 6.